The largest absolute Gasteiger partial charge is 0.356 e. The lowest BCUT2D eigenvalue weighted by molar-refractivity contribution is -0.135. The van der Waals surface area contributed by atoms with Gasteiger partial charge in [-0.3, -0.25) is 9.79 Å². The van der Waals surface area contributed by atoms with E-state index in [-0.39, 0.29) is 17.8 Å². The van der Waals surface area contributed by atoms with Crippen LogP contribution in [0.25, 0.3) is 0 Å². The zero-order valence-corrected chi connectivity index (χ0v) is 17.3. The first kappa shape index (κ1) is 20.9. The van der Waals surface area contributed by atoms with Gasteiger partial charge in [-0.05, 0) is 43.4 Å². The highest BCUT2D eigenvalue weighted by molar-refractivity contribution is 6.31. The second-order valence-corrected chi connectivity index (χ2v) is 8.14. The summed E-state index contributed by atoms with van der Waals surface area (Å²) in [6.07, 6.45) is 7.32. The Morgan fingerprint density at radius 2 is 2.07 bits per heavy atom. The molecule has 1 amide bonds. The monoisotopic (exact) mass is 408 g/mol. The van der Waals surface area contributed by atoms with E-state index in [0.717, 1.165) is 43.9 Å². The van der Waals surface area contributed by atoms with Crippen LogP contribution >= 0.6 is 11.6 Å². The molecule has 1 saturated carbocycles. The number of benzene rings is 1. The maximum Gasteiger partial charge on any atom is 0.225 e. The van der Waals surface area contributed by atoms with Crippen molar-refractivity contribution < 1.29 is 9.18 Å². The van der Waals surface area contributed by atoms with Gasteiger partial charge in [0.2, 0.25) is 5.91 Å². The van der Waals surface area contributed by atoms with Crippen LogP contribution in [0.1, 0.15) is 44.1 Å². The second-order valence-electron chi connectivity index (χ2n) is 7.73. The fourth-order valence-electron chi connectivity index (χ4n) is 4.11. The quantitative estimate of drug-likeness (QED) is 0.580. The molecule has 1 saturated heterocycles. The summed E-state index contributed by atoms with van der Waals surface area (Å²) in [5.74, 6) is 0.950. The van der Waals surface area contributed by atoms with Crippen molar-refractivity contribution in [2.45, 2.75) is 51.0 Å². The summed E-state index contributed by atoms with van der Waals surface area (Å²) in [6.45, 7) is 2.19. The van der Waals surface area contributed by atoms with E-state index >= 15 is 0 Å². The molecule has 28 heavy (non-hydrogen) atoms. The van der Waals surface area contributed by atoms with Crippen LogP contribution in [-0.2, 0) is 11.2 Å². The van der Waals surface area contributed by atoms with Gasteiger partial charge in [-0.25, -0.2) is 4.39 Å². The van der Waals surface area contributed by atoms with E-state index in [9.17, 15) is 9.18 Å². The maximum atomic E-state index is 13.1. The molecule has 1 aliphatic heterocycles. The molecule has 154 valence electrons. The Morgan fingerprint density at radius 1 is 1.29 bits per heavy atom. The third-order valence-corrected chi connectivity index (χ3v) is 6.07. The van der Waals surface area contributed by atoms with Crippen LogP contribution in [0.5, 0.6) is 0 Å². The van der Waals surface area contributed by atoms with Crippen molar-refractivity contribution >= 4 is 23.5 Å². The minimum absolute atomic E-state index is 0.216. The maximum absolute atomic E-state index is 13.1. The van der Waals surface area contributed by atoms with Crippen LogP contribution in [0.2, 0.25) is 5.02 Å². The van der Waals surface area contributed by atoms with Gasteiger partial charge in [0.1, 0.15) is 5.82 Å². The molecule has 2 fully saturated rings. The lowest BCUT2D eigenvalue weighted by Crippen LogP contribution is -2.46. The van der Waals surface area contributed by atoms with Crippen LogP contribution in [-0.4, -0.2) is 49.5 Å². The van der Waals surface area contributed by atoms with Crippen molar-refractivity contribution in [2.75, 3.05) is 26.7 Å². The summed E-state index contributed by atoms with van der Waals surface area (Å²) in [7, 11) is 1.74. The number of hydrogen-bond donors (Lipinski definition) is 2. The van der Waals surface area contributed by atoms with E-state index in [4.69, 9.17) is 11.6 Å². The number of halogens is 2. The summed E-state index contributed by atoms with van der Waals surface area (Å²) >= 11 is 6.07. The fraction of sp³-hybridized carbons (Fsp3) is 0.619. The Hall–Kier alpha value is -1.82. The average Bonchev–Trinajstić information content (AvgIpc) is 3.17. The molecule has 5 nitrogen and oxygen atoms in total. The molecule has 1 aliphatic carbocycles. The lowest BCUT2D eigenvalue weighted by Gasteiger charge is -2.26. The smallest absolute Gasteiger partial charge is 0.225 e. The number of likely N-dealkylation sites (tertiary alicyclic amines) is 1. The number of hydrogen-bond acceptors (Lipinski definition) is 2. The summed E-state index contributed by atoms with van der Waals surface area (Å²) in [6, 6.07) is 4.68. The molecule has 1 aromatic carbocycles. The molecule has 7 heteroatoms. The van der Waals surface area contributed by atoms with E-state index in [1.165, 1.54) is 31.4 Å². The number of aliphatic imine (C=N–C) groups is 1. The normalized spacial score (nSPS) is 21.0. The SMILES string of the molecule is CN=C(NCCc1ccc(F)cc1Cl)NC1CCN(C(=O)C2CCCCC2)C1. The Labute approximate surface area is 171 Å². The summed E-state index contributed by atoms with van der Waals surface area (Å²) in [5, 5.41) is 7.13. The number of carbonyl (C=O) groups excluding carboxylic acids is 1. The molecule has 1 heterocycles. The molecule has 0 radical (unpaired) electrons. The van der Waals surface area contributed by atoms with Crippen molar-refractivity contribution in [3.8, 4) is 0 Å². The lowest BCUT2D eigenvalue weighted by atomic mass is 9.88. The summed E-state index contributed by atoms with van der Waals surface area (Å²) in [4.78, 5) is 19.0. The minimum Gasteiger partial charge on any atom is -0.356 e. The molecular weight excluding hydrogens is 379 g/mol. The van der Waals surface area contributed by atoms with E-state index < -0.39 is 0 Å². The number of carbonyl (C=O) groups is 1. The molecule has 0 spiro atoms. The highest BCUT2D eigenvalue weighted by atomic mass is 35.5. The first-order valence-electron chi connectivity index (χ1n) is 10.3. The third-order valence-electron chi connectivity index (χ3n) is 5.72. The molecule has 1 unspecified atom stereocenters. The highest BCUT2D eigenvalue weighted by Gasteiger charge is 2.31. The van der Waals surface area contributed by atoms with Crippen molar-refractivity contribution in [2.24, 2.45) is 10.9 Å². The van der Waals surface area contributed by atoms with Gasteiger partial charge in [0.05, 0.1) is 0 Å². The van der Waals surface area contributed by atoms with E-state index in [2.05, 4.69) is 15.6 Å². The molecule has 0 aromatic heterocycles. The number of nitrogens with zero attached hydrogens (tertiary/aromatic N) is 2. The molecule has 3 rings (SSSR count). The van der Waals surface area contributed by atoms with Crippen LogP contribution in [0.15, 0.2) is 23.2 Å². The van der Waals surface area contributed by atoms with E-state index in [0.29, 0.717) is 23.9 Å². The van der Waals surface area contributed by atoms with Crippen molar-refractivity contribution in [3.63, 3.8) is 0 Å². The number of nitrogens with one attached hydrogen (secondary N) is 2. The van der Waals surface area contributed by atoms with Crippen molar-refractivity contribution in [1.29, 1.82) is 0 Å². The average molecular weight is 409 g/mol. The van der Waals surface area contributed by atoms with Crippen LogP contribution in [0.4, 0.5) is 4.39 Å². The summed E-state index contributed by atoms with van der Waals surface area (Å²) in [5.41, 5.74) is 0.899. The van der Waals surface area contributed by atoms with Gasteiger partial charge in [0.25, 0.3) is 0 Å². The van der Waals surface area contributed by atoms with Gasteiger partial charge >= 0.3 is 0 Å². The minimum atomic E-state index is -0.326. The van der Waals surface area contributed by atoms with Crippen molar-refractivity contribution in [1.82, 2.24) is 15.5 Å². The summed E-state index contributed by atoms with van der Waals surface area (Å²) < 4.78 is 13.1. The van der Waals surface area contributed by atoms with Crippen LogP contribution in [0.3, 0.4) is 0 Å². The van der Waals surface area contributed by atoms with Crippen LogP contribution < -0.4 is 10.6 Å². The topological polar surface area (TPSA) is 56.7 Å². The molecule has 1 aromatic rings. The molecule has 2 N–H and O–H groups in total. The van der Waals surface area contributed by atoms with Gasteiger partial charge in [0, 0.05) is 43.7 Å². The molecule has 1 atom stereocenters. The van der Waals surface area contributed by atoms with Gasteiger partial charge in [-0.15, -0.1) is 0 Å². The van der Waals surface area contributed by atoms with Gasteiger partial charge in [-0.1, -0.05) is 36.9 Å². The number of amides is 1. The Kier molecular flexibility index (Phi) is 7.54. The molecule has 0 bridgehead atoms. The van der Waals surface area contributed by atoms with Gasteiger partial charge in [-0.2, -0.15) is 0 Å². The van der Waals surface area contributed by atoms with Crippen LogP contribution in [0, 0.1) is 11.7 Å². The van der Waals surface area contributed by atoms with Gasteiger partial charge in [0.15, 0.2) is 5.96 Å². The van der Waals surface area contributed by atoms with Gasteiger partial charge < -0.3 is 15.5 Å². The second kappa shape index (κ2) is 10.1. The fourth-order valence-corrected chi connectivity index (χ4v) is 4.38. The zero-order valence-electron chi connectivity index (χ0n) is 16.5. The van der Waals surface area contributed by atoms with E-state index in [1.54, 1.807) is 13.1 Å². The Bertz CT molecular complexity index is 706. The first-order valence-corrected chi connectivity index (χ1v) is 10.6. The predicted octanol–water partition coefficient (Wildman–Crippen LogP) is 3.37. The van der Waals surface area contributed by atoms with Crippen molar-refractivity contribution in [3.05, 3.63) is 34.6 Å². The number of guanidine groups is 1. The Balaban J connectivity index is 1.43. The number of rotatable bonds is 5. The third kappa shape index (κ3) is 5.60. The zero-order chi connectivity index (χ0) is 19.9. The molecular formula is C21H30ClFN4O. The highest BCUT2D eigenvalue weighted by Crippen LogP contribution is 2.26. The Morgan fingerprint density at radius 3 is 2.79 bits per heavy atom. The predicted molar refractivity (Wildman–Crippen MR) is 111 cm³/mol. The molecule has 2 aliphatic rings. The standard InChI is InChI=1S/C21H30ClFN4O/c1-24-21(25-11-9-15-7-8-17(23)13-19(15)22)26-18-10-12-27(14-18)20(28)16-5-3-2-4-6-16/h7-8,13,16,18H,2-6,9-12,14H2,1H3,(H2,24,25,26). The first-order chi connectivity index (χ1) is 13.6. The van der Waals surface area contributed by atoms with E-state index in [1.807, 2.05) is 4.90 Å².